The Morgan fingerprint density at radius 1 is 1.24 bits per heavy atom. The molecule has 1 aliphatic carbocycles. The molecule has 0 aromatic heterocycles. The second kappa shape index (κ2) is 5.35. The van der Waals surface area contributed by atoms with Crippen LogP contribution in [0.25, 0.3) is 0 Å². The largest absolute Gasteiger partial charge is 0.493 e. The molecule has 1 saturated carbocycles. The second-order valence-electron chi connectivity index (χ2n) is 6.68. The van der Waals surface area contributed by atoms with Crippen LogP contribution in [0.1, 0.15) is 51.0 Å². The highest BCUT2D eigenvalue weighted by molar-refractivity contribution is 5.48. The maximum absolute atomic E-state index is 11.4. The number of rotatable bonds is 1. The third-order valence-corrected chi connectivity index (χ3v) is 5.40. The summed E-state index contributed by atoms with van der Waals surface area (Å²) in [4.78, 5) is 0. The van der Waals surface area contributed by atoms with E-state index in [4.69, 9.17) is 4.74 Å². The van der Waals surface area contributed by atoms with Crippen LogP contribution in [0.2, 0.25) is 0 Å². The van der Waals surface area contributed by atoms with Crippen molar-refractivity contribution in [2.75, 3.05) is 6.61 Å². The molecule has 0 saturated heterocycles. The Hall–Kier alpha value is -1.53. The van der Waals surface area contributed by atoms with Crippen molar-refractivity contribution in [1.82, 2.24) is 0 Å². The molecule has 1 heterocycles. The Bertz CT molecular complexity index is 565. The quantitative estimate of drug-likeness (QED) is 0.803. The van der Waals surface area contributed by atoms with Crippen molar-refractivity contribution in [1.29, 1.82) is 5.26 Å². The maximum atomic E-state index is 11.4. The summed E-state index contributed by atoms with van der Waals surface area (Å²) in [6.45, 7) is 2.74. The molecule has 0 bridgehead atoms. The Labute approximate surface area is 126 Å². The highest BCUT2D eigenvalue weighted by Gasteiger charge is 2.54. The summed E-state index contributed by atoms with van der Waals surface area (Å²) < 4.78 is 5.71. The standard InChI is InChI=1S/C18H23NO2/c1-14-5-4-9-18(20,10-8-14)17(13-19)11-12-21-16-7-3-2-6-15(16)17/h2-3,6-7,14,20H,4-5,8-12H2,1H3. The predicted molar refractivity (Wildman–Crippen MR) is 81.0 cm³/mol. The van der Waals surface area contributed by atoms with Gasteiger partial charge >= 0.3 is 0 Å². The molecule has 1 aromatic rings. The van der Waals surface area contributed by atoms with Gasteiger partial charge < -0.3 is 9.84 Å². The van der Waals surface area contributed by atoms with Crippen LogP contribution in [0.3, 0.4) is 0 Å². The molecule has 0 spiro atoms. The van der Waals surface area contributed by atoms with E-state index in [0.717, 1.165) is 30.6 Å². The summed E-state index contributed by atoms with van der Waals surface area (Å²) in [7, 11) is 0. The minimum absolute atomic E-state index is 0.502. The lowest BCUT2D eigenvalue weighted by Crippen LogP contribution is -2.53. The summed E-state index contributed by atoms with van der Waals surface area (Å²) >= 11 is 0. The number of fused-ring (bicyclic) bond motifs is 1. The van der Waals surface area contributed by atoms with E-state index in [1.54, 1.807) is 0 Å². The van der Waals surface area contributed by atoms with E-state index >= 15 is 0 Å². The Morgan fingerprint density at radius 3 is 2.86 bits per heavy atom. The van der Waals surface area contributed by atoms with E-state index in [1.165, 1.54) is 0 Å². The zero-order valence-corrected chi connectivity index (χ0v) is 12.6. The van der Waals surface area contributed by atoms with Crippen molar-refractivity contribution in [2.24, 2.45) is 5.92 Å². The zero-order chi connectivity index (χ0) is 14.9. The Balaban J connectivity index is 2.07. The van der Waals surface area contributed by atoms with Crippen LogP contribution in [-0.2, 0) is 5.41 Å². The van der Waals surface area contributed by atoms with E-state index in [0.29, 0.717) is 31.8 Å². The summed E-state index contributed by atoms with van der Waals surface area (Å²) in [6.07, 6.45) is 5.11. The monoisotopic (exact) mass is 285 g/mol. The molecule has 1 fully saturated rings. The van der Waals surface area contributed by atoms with Crippen molar-refractivity contribution in [3.05, 3.63) is 29.8 Å². The number of nitrogens with zero attached hydrogens (tertiary/aromatic N) is 1. The minimum atomic E-state index is -0.938. The second-order valence-corrected chi connectivity index (χ2v) is 6.68. The van der Waals surface area contributed by atoms with Gasteiger partial charge in [0.25, 0.3) is 0 Å². The van der Waals surface area contributed by atoms with Crippen molar-refractivity contribution < 1.29 is 9.84 Å². The Kier molecular flexibility index (Phi) is 3.67. The molecule has 3 atom stereocenters. The highest BCUT2D eigenvalue weighted by Crippen LogP contribution is 2.50. The normalized spacial score (nSPS) is 36.0. The van der Waals surface area contributed by atoms with Gasteiger partial charge in [-0.2, -0.15) is 5.26 Å². The third kappa shape index (κ3) is 2.22. The fourth-order valence-electron chi connectivity index (χ4n) is 4.02. The van der Waals surface area contributed by atoms with Crippen LogP contribution < -0.4 is 4.74 Å². The molecule has 3 nitrogen and oxygen atoms in total. The smallest absolute Gasteiger partial charge is 0.124 e. The number of hydrogen-bond acceptors (Lipinski definition) is 3. The molecule has 3 unspecified atom stereocenters. The molecular formula is C18H23NO2. The molecule has 21 heavy (non-hydrogen) atoms. The van der Waals surface area contributed by atoms with Crippen molar-refractivity contribution in [3.8, 4) is 11.8 Å². The van der Waals surface area contributed by atoms with Crippen LogP contribution in [0.15, 0.2) is 24.3 Å². The molecule has 3 heteroatoms. The number of hydrogen-bond donors (Lipinski definition) is 1. The molecule has 1 N–H and O–H groups in total. The average molecular weight is 285 g/mol. The molecule has 0 amide bonds. The maximum Gasteiger partial charge on any atom is 0.124 e. The van der Waals surface area contributed by atoms with Crippen LogP contribution in [-0.4, -0.2) is 17.3 Å². The van der Waals surface area contributed by atoms with Crippen molar-refractivity contribution in [3.63, 3.8) is 0 Å². The van der Waals surface area contributed by atoms with Crippen molar-refractivity contribution >= 4 is 0 Å². The topological polar surface area (TPSA) is 53.2 Å². The number of ether oxygens (including phenoxy) is 1. The van der Waals surface area contributed by atoms with Gasteiger partial charge in [0, 0.05) is 12.0 Å². The average Bonchev–Trinajstić information content (AvgIpc) is 2.69. The lowest BCUT2D eigenvalue weighted by atomic mass is 9.62. The summed E-state index contributed by atoms with van der Waals surface area (Å²) in [6, 6.07) is 10.2. The molecule has 2 aliphatic rings. The first kappa shape index (κ1) is 14.4. The predicted octanol–water partition coefficient (Wildman–Crippen LogP) is 3.56. The summed E-state index contributed by atoms with van der Waals surface area (Å²) in [5.41, 5.74) is -0.894. The molecule has 1 aliphatic heterocycles. The minimum Gasteiger partial charge on any atom is -0.493 e. The van der Waals surface area contributed by atoms with Gasteiger partial charge in [-0.05, 0) is 31.2 Å². The number of aliphatic hydroxyl groups is 1. The van der Waals surface area contributed by atoms with E-state index in [2.05, 4.69) is 13.0 Å². The van der Waals surface area contributed by atoms with Gasteiger partial charge in [-0.15, -0.1) is 0 Å². The fourth-order valence-corrected chi connectivity index (χ4v) is 4.02. The van der Waals surface area contributed by atoms with E-state index in [-0.39, 0.29) is 0 Å². The molecule has 112 valence electrons. The van der Waals surface area contributed by atoms with Crippen LogP contribution in [0.5, 0.6) is 5.75 Å². The van der Waals surface area contributed by atoms with Gasteiger partial charge in [-0.3, -0.25) is 0 Å². The van der Waals surface area contributed by atoms with Gasteiger partial charge in [0.2, 0.25) is 0 Å². The van der Waals surface area contributed by atoms with E-state index in [9.17, 15) is 10.4 Å². The first-order valence-electron chi connectivity index (χ1n) is 7.97. The SMILES string of the molecule is CC1CCCC(O)(C2(C#N)CCOc3ccccc32)CC1. The first-order valence-corrected chi connectivity index (χ1v) is 7.97. The van der Waals surface area contributed by atoms with Gasteiger partial charge in [-0.25, -0.2) is 0 Å². The van der Waals surface area contributed by atoms with Crippen molar-refractivity contribution in [2.45, 2.75) is 56.5 Å². The molecule has 3 rings (SSSR count). The molecule has 0 radical (unpaired) electrons. The third-order valence-electron chi connectivity index (χ3n) is 5.40. The van der Waals surface area contributed by atoms with Gasteiger partial charge in [0.1, 0.15) is 11.2 Å². The van der Waals surface area contributed by atoms with Crippen LogP contribution in [0, 0.1) is 17.2 Å². The number of para-hydroxylation sites is 1. The summed E-state index contributed by atoms with van der Waals surface area (Å²) in [5, 5.41) is 21.4. The van der Waals surface area contributed by atoms with Gasteiger partial charge in [-0.1, -0.05) is 38.0 Å². The number of nitriles is 1. The number of benzene rings is 1. The lowest BCUT2D eigenvalue weighted by molar-refractivity contribution is -0.0447. The van der Waals surface area contributed by atoms with E-state index in [1.807, 2.05) is 24.3 Å². The van der Waals surface area contributed by atoms with Crippen LogP contribution >= 0.6 is 0 Å². The Morgan fingerprint density at radius 2 is 2.05 bits per heavy atom. The van der Waals surface area contributed by atoms with E-state index < -0.39 is 11.0 Å². The van der Waals surface area contributed by atoms with Gasteiger partial charge in [0.15, 0.2) is 0 Å². The summed E-state index contributed by atoms with van der Waals surface area (Å²) in [5.74, 6) is 1.39. The molecule has 1 aromatic carbocycles. The molecular weight excluding hydrogens is 262 g/mol. The lowest BCUT2D eigenvalue weighted by Gasteiger charge is -2.45. The fraction of sp³-hybridized carbons (Fsp3) is 0.611. The highest BCUT2D eigenvalue weighted by atomic mass is 16.5. The first-order chi connectivity index (χ1) is 10.1. The van der Waals surface area contributed by atoms with Gasteiger partial charge in [0.05, 0.1) is 18.3 Å². The zero-order valence-electron chi connectivity index (χ0n) is 12.6. The van der Waals surface area contributed by atoms with Crippen LogP contribution in [0.4, 0.5) is 0 Å².